The average molecular weight is 294 g/mol. The van der Waals surface area contributed by atoms with Crippen molar-refractivity contribution in [3.63, 3.8) is 0 Å². The van der Waals surface area contributed by atoms with Gasteiger partial charge in [0.2, 0.25) is 0 Å². The predicted octanol–water partition coefficient (Wildman–Crippen LogP) is 4.17. The van der Waals surface area contributed by atoms with E-state index in [0.717, 1.165) is 16.9 Å². The van der Waals surface area contributed by atoms with E-state index in [-0.39, 0.29) is 0 Å². The standard InChI is InChI=1S/C18H22N4/c1-12-16-17(19-13-8-4-3-5-9-13)14-10-6-7-11-15(14)20-18(16)22(2)21-12/h6-7,10-11,13H,3-5,8-9H2,1-2H3,(H,19,20). The van der Waals surface area contributed by atoms with E-state index in [1.165, 1.54) is 48.6 Å². The van der Waals surface area contributed by atoms with Crippen LogP contribution in [0.5, 0.6) is 0 Å². The summed E-state index contributed by atoms with van der Waals surface area (Å²) in [5.74, 6) is 0. The second-order valence-corrected chi connectivity index (χ2v) is 6.39. The second kappa shape index (κ2) is 5.27. The van der Waals surface area contributed by atoms with Crippen LogP contribution >= 0.6 is 0 Å². The first kappa shape index (κ1) is 13.6. The minimum atomic E-state index is 0.572. The Labute approximate surface area is 130 Å². The molecular formula is C18H22N4. The molecule has 0 atom stereocenters. The Morgan fingerprint density at radius 1 is 1.14 bits per heavy atom. The van der Waals surface area contributed by atoms with Crippen molar-refractivity contribution in [1.82, 2.24) is 14.8 Å². The lowest BCUT2D eigenvalue weighted by Crippen LogP contribution is -2.22. The van der Waals surface area contributed by atoms with Gasteiger partial charge in [-0.3, -0.25) is 4.68 Å². The maximum absolute atomic E-state index is 4.81. The van der Waals surface area contributed by atoms with Crippen LogP contribution in [0.3, 0.4) is 0 Å². The number of aromatic nitrogens is 3. The Hall–Kier alpha value is -2.10. The third kappa shape index (κ3) is 2.14. The van der Waals surface area contributed by atoms with E-state index in [1.807, 2.05) is 11.7 Å². The zero-order valence-corrected chi connectivity index (χ0v) is 13.3. The Bertz CT molecular complexity index is 828. The van der Waals surface area contributed by atoms with Gasteiger partial charge in [-0.1, -0.05) is 37.5 Å². The van der Waals surface area contributed by atoms with Crippen LogP contribution in [0.15, 0.2) is 24.3 Å². The van der Waals surface area contributed by atoms with Crippen molar-refractivity contribution < 1.29 is 0 Å². The summed E-state index contributed by atoms with van der Waals surface area (Å²) < 4.78 is 1.89. The highest BCUT2D eigenvalue weighted by Gasteiger charge is 2.19. The van der Waals surface area contributed by atoms with Crippen LogP contribution in [0, 0.1) is 6.92 Å². The maximum Gasteiger partial charge on any atom is 0.160 e. The summed E-state index contributed by atoms with van der Waals surface area (Å²) in [5, 5.41) is 10.8. The highest BCUT2D eigenvalue weighted by Crippen LogP contribution is 2.34. The number of hydrogen-bond donors (Lipinski definition) is 1. The lowest BCUT2D eigenvalue weighted by atomic mass is 9.95. The number of fused-ring (bicyclic) bond motifs is 2. The highest BCUT2D eigenvalue weighted by atomic mass is 15.3. The van der Waals surface area contributed by atoms with E-state index in [2.05, 4.69) is 41.6 Å². The van der Waals surface area contributed by atoms with Crippen molar-refractivity contribution in [1.29, 1.82) is 0 Å². The highest BCUT2D eigenvalue weighted by molar-refractivity contribution is 6.07. The Morgan fingerprint density at radius 3 is 2.73 bits per heavy atom. The van der Waals surface area contributed by atoms with Gasteiger partial charge in [-0.2, -0.15) is 5.10 Å². The molecule has 0 aliphatic heterocycles. The first-order valence-electron chi connectivity index (χ1n) is 8.22. The Morgan fingerprint density at radius 2 is 1.91 bits per heavy atom. The van der Waals surface area contributed by atoms with Gasteiger partial charge in [0.05, 0.1) is 22.3 Å². The fourth-order valence-corrected chi connectivity index (χ4v) is 3.70. The third-order valence-corrected chi connectivity index (χ3v) is 4.80. The minimum Gasteiger partial charge on any atom is -0.381 e. The fourth-order valence-electron chi connectivity index (χ4n) is 3.70. The SMILES string of the molecule is Cc1nn(C)c2nc3ccccc3c(NC3CCCCC3)c12. The zero-order valence-electron chi connectivity index (χ0n) is 13.3. The number of para-hydroxylation sites is 1. The fraction of sp³-hybridized carbons (Fsp3) is 0.444. The Balaban J connectivity index is 1.94. The number of pyridine rings is 1. The molecule has 0 amide bonds. The summed E-state index contributed by atoms with van der Waals surface area (Å²) in [6, 6.07) is 8.97. The molecule has 3 aromatic rings. The largest absolute Gasteiger partial charge is 0.381 e. The third-order valence-electron chi connectivity index (χ3n) is 4.80. The summed E-state index contributed by atoms with van der Waals surface area (Å²) in [4.78, 5) is 4.81. The van der Waals surface area contributed by atoms with Crippen molar-refractivity contribution in [2.45, 2.75) is 45.1 Å². The number of rotatable bonds is 2. The molecule has 0 radical (unpaired) electrons. The summed E-state index contributed by atoms with van der Waals surface area (Å²) >= 11 is 0. The molecule has 1 aromatic carbocycles. The lowest BCUT2D eigenvalue weighted by molar-refractivity contribution is 0.463. The summed E-state index contributed by atoms with van der Waals surface area (Å²) in [7, 11) is 1.97. The number of benzene rings is 1. The van der Waals surface area contributed by atoms with E-state index in [1.54, 1.807) is 0 Å². The molecule has 4 rings (SSSR count). The van der Waals surface area contributed by atoms with E-state index in [9.17, 15) is 0 Å². The number of hydrogen-bond acceptors (Lipinski definition) is 3. The van der Waals surface area contributed by atoms with Crippen molar-refractivity contribution in [2.24, 2.45) is 7.05 Å². The molecule has 0 bridgehead atoms. The number of anilines is 1. The molecule has 4 heteroatoms. The monoisotopic (exact) mass is 294 g/mol. The molecule has 1 saturated carbocycles. The van der Waals surface area contributed by atoms with Gasteiger partial charge >= 0.3 is 0 Å². The van der Waals surface area contributed by atoms with Crippen LogP contribution < -0.4 is 5.32 Å². The van der Waals surface area contributed by atoms with Crippen LogP contribution in [0.2, 0.25) is 0 Å². The molecular weight excluding hydrogens is 272 g/mol. The Kier molecular flexibility index (Phi) is 3.25. The van der Waals surface area contributed by atoms with Crippen molar-refractivity contribution in [3.05, 3.63) is 30.0 Å². The molecule has 0 spiro atoms. The van der Waals surface area contributed by atoms with Gasteiger partial charge in [-0.15, -0.1) is 0 Å². The summed E-state index contributed by atoms with van der Waals surface area (Å²) in [5.41, 5.74) is 4.28. The second-order valence-electron chi connectivity index (χ2n) is 6.39. The van der Waals surface area contributed by atoms with E-state index >= 15 is 0 Å². The molecule has 1 aliphatic carbocycles. The van der Waals surface area contributed by atoms with Crippen LogP contribution in [-0.4, -0.2) is 20.8 Å². The molecule has 2 heterocycles. The van der Waals surface area contributed by atoms with Gasteiger partial charge in [0, 0.05) is 18.5 Å². The molecule has 1 N–H and O–H groups in total. The van der Waals surface area contributed by atoms with Gasteiger partial charge in [-0.05, 0) is 25.8 Å². The summed E-state index contributed by atoms with van der Waals surface area (Å²) in [6.07, 6.45) is 6.55. The number of aryl methyl sites for hydroxylation is 2. The van der Waals surface area contributed by atoms with E-state index in [4.69, 9.17) is 4.98 Å². The molecule has 4 nitrogen and oxygen atoms in total. The predicted molar refractivity (Wildman–Crippen MR) is 91.2 cm³/mol. The van der Waals surface area contributed by atoms with Gasteiger partial charge in [-0.25, -0.2) is 4.98 Å². The van der Waals surface area contributed by atoms with Gasteiger partial charge in [0.1, 0.15) is 0 Å². The quantitative estimate of drug-likeness (QED) is 0.771. The molecule has 114 valence electrons. The molecule has 1 aliphatic rings. The number of nitrogens with one attached hydrogen (secondary N) is 1. The van der Waals surface area contributed by atoms with Crippen molar-refractivity contribution in [2.75, 3.05) is 5.32 Å². The topological polar surface area (TPSA) is 42.7 Å². The lowest BCUT2D eigenvalue weighted by Gasteiger charge is -2.25. The van der Waals surface area contributed by atoms with Crippen LogP contribution in [0.4, 0.5) is 5.69 Å². The van der Waals surface area contributed by atoms with E-state index in [0.29, 0.717) is 6.04 Å². The maximum atomic E-state index is 4.81. The van der Waals surface area contributed by atoms with Gasteiger partial charge in [0.15, 0.2) is 5.65 Å². The van der Waals surface area contributed by atoms with Crippen LogP contribution in [-0.2, 0) is 7.05 Å². The zero-order chi connectivity index (χ0) is 15.1. The van der Waals surface area contributed by atoms with Crippen molar-refractivity contribution in [3.8, 4) is 0 Å². The van der Waals surface area contributed by atoms with E-state index < -0.39 is 0 Å². The van der Waals surface area contributed by atoms with Crippen LogP contribution in [0.1, 0.15) is 37.8 Å². The van der Waals surface area contributed by atoms with Crippen LogP contribution in [0.25, 0.3) is 21.9 Å². The number of nitrogens with zero attached hydrogens (tertiary/aromatic N) is 3. The smallest absolute Gasteiger partial charge is 0.160 e. The molecule has 0 saturated heterocycles. The first-order valence-corrected chi connectivity index (χ1v) is 8.22. The molecule has 2 aromatic heterocycles. The van der Waals surface area contributed by atoms with Gasteiger partial charge in [0.25, 0.3) is 0 Å². The van der Waals surface area contributed by atoms with Crippen molar-refractivity contribution >= 4 is 27.6 Å². The first-order chi connectivity index (χ1) is 10.7. The van der Waals surface area contributed by atoms with Gasteiger partial charge < -0.3 is 5.32 Å². The normalized spacial score (nSPS) is 16.5. The summed E-state index contributed by atoms with van der Waals surface area (Å²) in [6.45, 7) is 2.07. The molecule has 22 heavy (non-hydrogen) atoms. The molecule has 0 unspecified atom stereocenters. The minimum absolute atomic E-state index is 0.572. The average Bonchev–Trinajstić information content (AvgIpc) is 2.82. The molecule has 1 fully saturated rings.